The molecule has 0 bridgehead atoms. The Hall–Kier alpha value is -3.33. The zero-order valence-electron chi connectivity index (χ0n) is 18.4. The van der Waals surface area contributed by atoms with Crippen LogP contribution < -0.4 is 9.80 Å². The predicted molar refractivity (Wildman–Crippen MR) is 127 cm³/mol. The molecule has 9 nitrogen and oxygen atoms in total. The zero-order valence-corrected chi connectivity index (χ0v) is 19.2. The van der Waals surface area contributed by atoms with Gasteiger partial charge in [-0.2, -0.15) is 0 Å². The summed E-state index contributed by atoms with van der Waals surface area (Å²) >= 11 is 6.09. The van der Waals surface area contributed by atoms with Crippen molar-refractivity contribution in [1.29, 1.82) is 0 Å². The minimum Gasteiger partial charge on any atom is -0.368 e. The molecule has 2 aromatic rings. The normalized spacial score (nSPS) is 16.7. The summed E-state index contributed by atoms with van der Waals surface area (Å²) in [5, 5.41) is 12.5. The van der Waals surface area contributed by atoms with Gasteiger partial charge in [-0.05, 0) is 30.3 Å². The van der Waals surface area contributed by atoms with Crippen molar-refractivity contribution < 1.29 is 14.5 Å². The van der Waals surface area contributed by atoms with Gasteiger partial charge in [0.25, 0.3) is 11.6 Å². The van der Waals surface area contributed by atoms with Gasteiger partial charge in [-0.25, -0.2) is 0 Å². The van der Waals surface area contributed by atoms with Gasteiger partial charge in [-0.1, -0.05) is 17.7 Å². The molecule has 2 saturated heterocycles. The van der Waals surface area contributed by atoms with Crippen LogP contribution in [0.5, 0.6) is 0 Å². The molecule has 2 amide bonds. The first-order valence-electron chi connectivity index (χ1n) is 10.9. The number of carbonyl (C=O) groups excluding carboxylic acids is 2. The van der Waals surface area contributed by atoms with Crippen molar-refractivity contribution in [3.05, 3.63) is 63.2 Å². The van der Waals surface area contributed by atoms with E-state index in [1.54, 1.807) is 21.9 Å². The minimum absolute atomic E-state index is 0.000512. The van der Waals surface area contributed by atoms with Gasteiger partial charge in [0, 0.05) is 81.6 Å². The number of halogens is 1. The van der Waals surface area contributed by atoms with Crippen LogP contribution in [0.25, 0.3) is 0 Å². The third kappa shape index (κ3) is 5.03. The molecule has 0 atom stereocenters. The highest BCUT2D eigenvalue weighted by Gasteiger charge is 2.28. The van der Waals surface area contributed by atoms with Gasteiger partial charge in [0.1, 0.15) is 5.69 Å². The first kappa shape index (κ1) is 22.8. The molecule has 0 spiro atoms. The molecule has 0 aromatic heterocycles. The Morgan fingerprint density at radius 3 is 2.12 bits per heavy atom. The van der Waals surface area contributed by atoms with E-state index in [-0.39, 0.29) is 17.5 Å². The fourth-order valence-corrected chi connectivity index (χ4v) is 4.54. The largest absolute Gasteiger partial charge is 0.368 e. The van der Waals surface area contributed by atoms with E-state index in [0.29, 0.717) is 68.6 Å². The molecule has 2 fully saturated rings. The van der Waals surface area contributed by atoms with Gasteiger partial charge in [0.05, 0.1) is 4.92 Å². The quantitative estimate of drug-likeness (QED) is 0.503. The van der Waals surface area contributed by atoms with Crippen molar-refractivity contribution in [2.45, 2.75) is 6.92 Å². The second-order valence-electron chi connectivity index (χ2n) is 8.21. The van der Waals surface area contributed by atoms with E-state index >= 15 is 0 Å². The van der Waals surface area contributed by atoms with Gasteiger partial charge < -0.3 is 19.6 Å². The average molecular weight is 472 g/mol. The van der Waals surface area contributed by atoms with Crippen LogP contribution in [0, 0.1) is 10.1 Å². The highest BCUT2D eigenvalue weighted by Crippen LogP contribution is 2.31. The van der Waals surface area contributed by atoms with Crippen LogP contribution in [0.4, 0.5) is 17.1 Å². The third-order valence-corrected chi connectivity index (χ3v) is 6.46. The summed E-state index contributed by atoms with van der Waals surface area (Å²) in [6, 6.07) is 12.3. The SMILES string of the molecule is CC(=O)N1CCN(c2ccc(C(=O)N3CCN(c4cccc(Cl)c4)CC3)cc2[N+](=O)[O-])CC1. The van der Waals surface area contributed by atoms with Crippen LogP contribution in [0.15, 0.2) is 42.5 Å². The zero-order chi connectivity index (χ0) is 23.5. The smallest absolute Gasteiger partial charge is 0.293 e. The maximum absolute atomic E-state index is 13.1. The number of hydrogen-bond donors (Lipinski definition) is 0. The van der Waals surface area contributed by atoms with Gasteiger partial charge in [0.15, 0.2) is 0 Å². The van der Waals surface area contributed by atoms with Crippen molar-refractivity contribution in [3.63, 3.8) is 0 Å². The van der Waals surface area contributed by atoms with E-state index in [1.165, 1.54) is 13.0 Å². The average Bonchev–Trinajstić information content (AvgIpc) is 2.83. The Morgan fingerprint density at radius 2 is 1.52 bits per heavy atom. The molecule has 2 aromatic carbocycles. The number of nitro benzene ring substituents is 1. The van der Waals surface area contributed by atoms with E-state index in [1.807, 2.05) is 29.2 Å². The van der Waals surface area contributed by atoms with Gasteiger partial charge in [0.2, 0.25) is 5.91 Å². The monoisotopic (exact) mass is 471 g/mol. The third-order valence-electron chi connectivity index (χ3n) is 6.22. The van der Waals surface area contributed by atoms with E-state index < -0.39 is 4.92 Å². The number of nitrogens with zero attached hydrogens (tertiary/aromatic N) is 5. The van der Waals surface area contributed by atoms with Crippen molar-refractivity contribution in [2.24, 2.45) is 0 Å². The predicted octanol–water partition coefficient (Wildman–Crippen LogP) is 2.88. The molecule has 0 N–H and O–H groups in total. The number of carbonyl (C=O) groups is 2. The Kier molecular flexibility index (Phi) is 6.69. The summed E-state index contributed by atoms with van der Waals surface area (Å²) in [6.45, 7) is 5.95. The maximum Gasteiger partial charge on any atom is 0.293 e. The summed E-state index contributed by atoms with van der Waals surface area (Å²) in [5.74, 6) is -0.211. The van der Waals surface area contributed by atoms with Crippen LogP contribution in [0.1, 0.15) is 17.3 Å². The topological polar surface area (TPSA) is 90.2 Å². The molecule has 174 valence electrons. The lowest BCUT2D eigenvalue weighted by Gasteiger charge is -2.36. The second kappa shape index (κ2) is 9.66. The molecular formula is C23H26ClN5O4. The summed E-state index contributed by atoms with van der Waals surface area (Å²) < 4.78 is 0. The highest BCUT2D eigenvalue weighted by atomic mass is 35.5. The Balaban J connectivity index is 1.45. The minimum atomic E-state index is -0.444. The van der Waals surface area contributed by atoms with E-state index in [0.717, 1.165) is 5.69 Å². The van der Waals surface area contributed by atoms with E-state index in [9.17, 15) is 19.7 Å². The lowest BCUT2D eigenvalue weighted by molar-refractivity contribution is -0.384. The Bertz CT molecular complexity index is 1060. The molecule has 2 aliphatic heterocycles. The fraction of sp³-hybridized carbons (Fsp3) is 0.391. The molecule has 33 heavy (non-hydrogen) atoms. The van der Waals surface area contributed by atoms with Crippen LogP contribution in [0.3, 0.4) is 0 Å². The number of nitro groups is 1. The van der Waals surface area contributed by atoms with Gasteiger partial charge >= 0.3 is 0 Å². The number of rotatable bonds is 4. The number of hydrogen-bond acceptors (Lipinski definition) is 6. The van der Waals surface area contributed by atoms with Crippen molar-refractivity contribution in [1.82, 2.24) is 9.80 Å². The van der Waals surface area contributed by atoms with Crippen molar-refractivity contribution in [3.8, 4) is 0 Å². The van der Waals surface area contributed by atoms with Crippen LogP contribution >= 0.6 is 11.6 Å². The maximum atomic E-state index is 13.1. The fourth-order valence-electron chi connectivity index (χ4n) is 4.36. The molecule has 10 heteroatoms. The van der Waals surface area contributed by atoms with E-state index in [2.05, 4.69) is 4.90 Å². The summed E-state index contributed by atoms with van der Waals surface area (Å²) in [7, 11) is 0. The molecule has 0 aliphatic carbocycles. The standard InChI is InChI=1S/C23H26ClN5O4/c1-17(30)25-7-11-27(12-8-25)21-6-5-18(15-22(21)29(32)33)23(31)28-13-9-26(10-14-28)20-4-2-3-19(24)16-20/h2-6,15-16H,7-14H2,1H3. The molecule has 0 saturated carbocycles. The van der Waals surface area contributed by atoms with Crippen molar-refractivity contribution in [2.75, 3.05) is 62.2 Å². The first-order chi connectivity index (χ1) is 15.8. The molecule has 4 rings (SSSR count). The molecule has 0 unspecified atom stereocenters. The molecule has 2 aliphatic rings. The second-order valence-corrected chi connectivity index (χ2v) is 8.65. The Labute approximate surface area is 197 Å². The van der Waals surface area contributed by atoms with Crippen LogP contribution in [-0.2, 0) is 4.79 Å². The number of amides is 2. The lowest BCUT2D eigenvalue weighted by atomic mass is 10.1. The molecule has 2 heterocycles. The highest BCUT2D eigenvalue weighted by molar-refractivity contribution is 6.30. The van der Waals surface area contributed by atoms with Gasteiger partial charge in [-0.15, -0.1) is 0 Å². The lowest BCUT2D eigenvalue weighted by Crippen LogP contribution is -2.49. The van der Waals surface area contributed by atoms with Crippen LogP contribution in [0.2, 0.25) is 5.02 Å². The Morgan fingerprint density at radius 1 is 0.879 bits per heavy atom. The van der Waals surface area contributed by atoms with Gasteiger partial charge in [-0.3, -0.25) is 19.7 Å². The van der Waals surface area contributed by atoms with E-state index in [4.69, 9.17) is 11.6 Å². The molecular weight excluding hydrogens is 446 g/mol. The van der Waals surface area contributed by atoms with Crippen molar-refractivity contribution >= 4 is 40.5 Å². The summed E-state index contributed by atoms with van der Waals surface area (Å²) in [4.78, 5) is 43.5. The number of anilines is 2. The van der Waals surface area contributed by atoms with Crippen LogP contribution in [-0.4, -0.2) is 78.9 Å². The molecule has 0 radical (unpaired) electrons. The summed E-state index contributed by atoms with van der Waals surface area (Å²) in [6.07, 6.45) is 0. The number of benzene rings is 2. The first-order valence-corrected chi connectivity index (χ1v) is 11.3. The summed E-state index contributed by atoms with van der Waals surface area (Å²) in [5.41, 5.74) is 1.71. The number of piperazine rings is 2.